The van der Waals surface area contributed by atoms with Crippen molar-refractivity contribution in [2.24, 2.45) is 0 Å². The molecule has 100 valence electrons. The van der Waals surface area contributed by atoms with E-state index in [0.29, 0.717) is 5.15 Å². The summed E-state index contributed by atoms with van der Waals surface area (Å²) in [5.41, 5.74) is 1.17. The van der Waals surface area contributed by atoms with Gasteiger partial charge in [-0.15, -0.1) is 0 Å². The number of nitrogens with zero attached hydrogens (tertiary/aromatic N) is 3. The molecule has 4 nitrogen and oxygen atoms in total. The summed E-state index contributed by atoms with van der Waals surface area (Å²) in [4.78, 5) is 10.3. The van der Waals surface area contributed by atoms with Gasteiger partial charge in [-0.2, -0.15) is 0 Å². The Hall–Kier alpha value is -1.81. The lowest BCUT2D eigenvalue weighted by Crippen LogP contribution is -2.22. The van der Waals surface area contributed by atoms with Gasteiger partial charge in [-0.05, 0) is 24.6 Å². The number of halogens is 1. The molecule has 0 aliphatic heterocycles. The molecule has 0 aliphatic rings. The topological polar surface area (TPSA) is 38.2 Å². The molecule has 0 bridgehead atoms. The maximum Gasteiger partial charge on any atom is 0.149 e. The van der Waals surface area contributed by atoms with Crippen molar-refractivity contribution >= 4 is 17.4 Å². The smallest absolute Gasteiger partial charge is 0.149 e. The van der Waals surface area contributed by atoms with Gasteiger partial charge in [0.25, 0.3) is 0 Å². The Morgan fingerprint density at radius 1 is 1.21 bits per heavy atom. The van der Waals surface area contributed by atoms with E-state index in [2.05, 4.69) is 16.9 Å². The third-order valence-corrected chi connectivity index (χ3v) is 3.32. The van der Waals surface area contributed by atoms with Crippen LogP contribution < -0.4 is 9.64 Å². The van der Waals surface area contributed by atoms with Gasteiger partial charge in [0.05, 0.1) is 25.5 Å². The van der Waals surface area contributed by atoms with Crippen LogP contribution >= 0.6 is 11.6 Å². The SMILES string of the molecule is COc1ccc(C(C)N(C)c2cncc(Cl)n2)cc1. The maximum absolute atomic E-state index is 5.86. The Morgan fingerprint density at radius 2 is 1.89 bits per heavy atom. The zero-order valence-corrected chi connectivity index (χ0v) is 11.9. The van der Waals surface area contributed by atoms with Gasteiger partial charge in [0.1, 0.15) is 16.7 Å². The van der Waals surface area contributed by atoms with Crippen LogP contribution in [0.2, 0.25) is 5.15 Å². The number of methoxy groups -OCH3 is 1. The van der Waals surface area contributed by atoms with E-state index in [9.17, 15) is 0 Å². The highest BCUT2D eigenvalue weighted by Crippen LogP contribution is 2.25. The van der Waals surface area contributed by atoms with Crippen molar-refractivity contribution in [1.29, 1.82) is 0 Å². The summed E-state index contributed by atoms with van der Waals surface area (Å²) in [7, 11) is 3.63. The second kappa shape index (κ2) is 5.89. The van der Waals surface area contributed by atoms with Gasteiger partial charge >= 0.3 is 0 Å². The average molecular weight is 278 g/mol. The largest absolute Gasteiger partial charge is 0.497 e. The number of aromatic nitrogens is 2. The first kappa shape index (κ1) is 13.6. The number of hydrogen-bond donors (Lipinski definition) is 0. The highest BCUT2D eigenvalue weighted by molar-refractivity contribution is 6.29. The lowest BCUT2D eigenvalue weighted by molar-refractivity contribution is 0.414. The normalized spacial score (nSPS) is 12.0. The lowest BCUT2D eigenvalue weighted by Gasteiger charge is -2.26. The van der Waals surface area contributed by atoms with Crippen molar-refractivity contribution in [3.63, 3.8) is 0 Å². The first-order valence-corrected chi connectivity index (χ1v) is 6.34. The average Bonchev–Trinajstić information content (AvgIpc) is 2.46. The molecule has 0 fully saturated rings. The Bertz CT molecular complexity index is 545. The van der Waals surface area contributed by atoms with Gasteiger partial charge in [0.2, 0.25) is 0 Å². The third kappa shape index (κ3) is 3.15. The summed E-state index contributed by atoms with van der Waals surface area (Å²) in [6.07, 6.45) is 3.23. The number of rotatable bonds is 4. The van der Waals surface area contributed by atoms with Gasteiger partial charge < -0.3 is 9.64 Å². The van der Waals surface area contributed by atoms with Gasteiger partial charge in [-0.25, -0.2) is 4.98 Å². The summed E-state index contributed by atoms with van der Waals surface area (Å²) in [5.74, 6) is 1.59. The molecular formula is C14H16ClN3O. The van der Waals surface area contributed by atoms with Crippen LogP contribution in [0.15, 0.2) is 36.7 Å². The fourth-order valence-corrected chi connectivity index (χ4v) is 1.95. The molecule has 0 amide bonds. The van der Waals surface area contributed by atoms with Crippen molar-refractivity contribution in [2.75, 3.05) is 19.1 Å². The molecule has 19 heavy (non-hydrogen) atoms. The number of anilines is 1. The van der Waals surface area contributed by atoms with Crippen LogP contribution in [-0.2, 0) is 0 Å². The molecule has 1 unspecified atom stereocenters. The van der Waals surface area contributed by atoms with Crippen LogP contribution in [0.4, 0.5) is 5.82 Å². The summed E-state index contributed by atoms with van der Waals surface area (Å²) in [5, 5.41) is 0.395. The fraction of sp³-hybridized carbons (Fsp3) is 0.286. The molecule has 1 aromatic carbocycles. The van der Waals surface area contributed by atoms with Gasteiger partial charge in [-0.3, -0.25) is 4.98 Å². The minimum Gasteiger partial charge on any atom is -0.497 e. The summed E-state index contributed by atoms with van der Waals surface area (Å²) in [6, 6.07) is 8.14. The minimum absolute atomic E-state index is 0.165. The molecular weight excluding hydrogens is 262 g/mol. The van der Waals surface area contributed by atoms with Crippen LogP contribution in [0.3, 0.4) is 0 Å². The van der Waals surface area contributed by atoms with Crippen LogP contribution in [0.25, 0.3) is 0 Å². The number of benzene rings is 1. The Kier molecular flexibility index (Phi) is 4.22. The molecule has 0 N–H and O–H groups in total. The number of ether oxygens (including phenoxy) is 1. The molecule has 5 heteroatoms. The Morgan fingerprint density at radius 3 is 2.47 bits per heavy atom. The predicted octanol–water partition coefficient (Wildman–Crippen LogP) is 3.34. The van der Waals surface area contributed by atoms with E-state index >= 15 is 0 Å². The van der Waals surface area contributed by atoms with Crippen molar-refractivity contribution in [1.82, 2.24) is 9.97 Å². The standard InChI is InChI=1S/C14H16ClN3O/c1-10(11-4-6-12(19-3)7-5-11)18(2)14-9-16-8-13(15)17-14/h4-10H,1-3H3. The highest BCUT2D eigenvalue weighted by atomic mass is 35.5. The van der Waals surface area contributed by atoms with E-state index in [1.807, 2.05) is 36.2 Å². The van der Waals surface area contributed by atoms with E-state index in [1.165, 1.54) is 11.8 Å². The van der Waals surface area contributed by atoms with Gasteiger partial charge in [0.15, 0.2) is 0 Å². The van der Waals surface area contributed by atoms with Crippen LogP contribution in [0.1, 0.15) is 18.5 Å². The maximum atomic E-state index is 5.86. The monoisotopic (exact) mass is 277 g/mol. The molecule has 0 saturated heterocycles. The highest BCUT2D eigenvalue weighted by Gasteiger charge is 2.14. The molecule has 0 aliphatic carbocycles. The van der Waals surface area contributed by atoms with Crippen LogP contribution in [-0.4, -0.2) is 24.1 Å². The lowest BCUT2D eigenvalue weighted by atomic mass is 10.1. The fourth-order valence-electron chi connectivity index (χ4n) is 1.81. The first-order valence-electron chi connectivity index (χ1n) is 5.96. The number of hydrogen-bond acceptors (Lipinski definition) is 4. The minimum atomic E-state index is 0.165. The van der Waals surface area contributed by atoms with Crippen molar-refractivity contribution in [3.8, 4) is 5.75 Å². The van der Waals surface area contributed by atoms with E-state index in [0.717, 1.165) is 11.6 Å². The summed E-state index contributed by atoms with van der Waals surface area (Å²) >= 11 is 5.86. The van der Waals surface area contributed by atoms with E-state index in [1.54, 1.807) is 13.3 Å². The predicted molar refractivity (Wildman–Crippen MR) is 76.9 cm³/mol. The van der Waals surface area contributed by atoms with Crippen molar-refractivity contribution in [2.45, 2.75) is 13.0 Å². The zero-order valence-electron chi connectivity index (χ0n) is 11.2. The quantitative estimate of drug-likeness (QED) is 0.859. The van der Waals surface area contributed by atoms with Crippen molar-refractivity contribution < 1.29 is 4.74 Å². The molecule has 0 radical (unpaired) electrons. The van der Waals surface area contributed by atoms with Gasteiger partial charge in [-0.1, -0.05) is 23.7 Å². The second-order valence-corrected chi connectivity index (χ2v) is 4.65. The molecule has 2 aromatic rings. The Labute approximate surface area is 118 Å². The summed E-state index contributed by atoms with van der Waals surface area (Å²) < 4.78 is 5.16. The molecule has 1 atom stereocenters. The molecule has 0 saturated carbocycles. The molecule has 2 rings (SSSR count). The zero-order chi connectivity index (χ0) is 13.8. The van der Waals surface area contributed by atoms with E-state index in [-0.39, 0.29) is 6.04 Å². The molecule has 1 heterocycles. The summed E-state index contributed by atoms with van der Waals surface area (Å²) in [6.45, 7) is 2.10. The first-order chi connectivity index (χ1) is 9.11. The molecule has 0 spiro atoms. The van der Waals surface area contributed by atoms with Gasteiger partial charge in [0, 0.05) is 7.05 Å². The van der Waals surface area contributed by atoms with Crippen molar-refractivity contribution in [3.05, 3.63) is 47.4 Å². The van der Waals surface area contributed by atoms with E-state index < -0.39 is 0 Å². The second-order valence-electron chi connectivity index (χ2n) is 4.26. The van der Waals surface area contributed by atoms with Crippen LogP contribution in [0.5, 0.6) is 5.75 Å². The Balaban J connectivity index is 2.20. The molecule has 1 aromatic heterocycles. The third-order valence-electron chi connectivity index (χ3n) is 3.13. The van der Waals surface area contributed by atoms with Crippen LogP contribution in [0, 0.1) is 0 Å². The van der Waals surface area contributed by atoms with E-state index in [4.69, 9.17) is 16.3 Å².